The first-order chi connectivity index (χ1) is 10.1. The van der Waals surface area contributed by atoms with E-state index in [9.17, 15) is 9.59 Å². The number of aryl methyl sites for hydroxylation is 1. The third kappa shape index (κ3) is 1.18. The topological polar surface area (TPSA) is 37.4 Å². The Bertz CT molecular complexity index is 682. The van der Waals surface area contributed by atoms with Crippen LogP contribution >= 0.6 is 0 Å². The van der Waals surface area contributed by atoms with Crippen LogP contribution in [0.15, 0.2) is 36.4 Å². The lowest BCUT2D eigenvalue weighted by Crippen LogP contribution is -2.35. The SMILES string of the molecule is Cc1ccccc1N1C(=O)C2C(C1=O)C1C=CC2C12CC2. The van der Waals surface area contributed by atoms with Gasteiger partial charge in [0.05, 0.1) is 17.5 Å². The van der Waals surface area contributed by atoms with Gasteiger partial charge in [-0.1, -0.05) is 30.4 Å². The molecule has 2 amide bonds. The molecule has 4 atom stereocenters. The first-order valence-corrected chi connectivity index (χ1v) is 7.77. The zero-order chi connectivity index (χ0) is 14.4. The highest BCUT2D eigenvalue weighted by molar-refractivity contribution is 6.23. The molecule has 3 fully saturated rings. The number of hydrogen-bond donors (Lipinski definition) is 0. The Morgan fingerprint density at radius 1 is 1.00 bits per heavy atom. The van der Waals surface area contributed by atoms with Gasteiger partial charge in [-0.3, -0.25) is 9.59 Å². The van der Waals surface area contributed by atoms with Gasteiger partial charge in [0.1, 0.15) is 0 Å². The van der Waals surface area contributed by atoms with Crippen LogP contribution in [0.25, 0.3) is 0 Å². The number of imide groups is 1. The average Bonchev–Trinajstić information content (AvgIpc) is 3.07. The molecule has 1 aromatic carbocycles. The number of fused-ring (bicyclic) bond motifs is 3. The van der Waals surface area contributed by atoms with Gasteiger partial charge in [0, 0.05) is 0 Å². The Morgan fingerprint density at radius 3 is 2.10 bits per heavy atom. The minimum absolute atomic E-state index is 0.0300. The second-order valence-corrected chi connectivity index (χ2v) is 7.02. The summed E-state index contributed by atoms with van der Waals surface area (Å²) < 4.78 is 0. The number of nitrogens with zero attached hydrogens (tertiary/aromatic N) is 1. The number of allylic oxidation sites excluding steroid dienone is 2. The van der Waals surface area contributed by atoms with Crippen molar-refractivity contribution in [1.82, 2.24) is 0 Å². The molecule has 1 aliphatic heterocycles. The first kappa shape index (κ1) is 11.7. The Hall–Kier alpha value is -1.90. The van der Waals surface area contributed by atoms with Gasteiger partial charge in [-0.05, 0) is 48.6 Å². The van der Waals surface area contributed by atoms with Crippen molar-refractivity contribution in [2.75, 3.05) is 4.90 Å². The Morgan fingerprint density at radius 2 is 1.57 bits per heavy atom. The average molecular weight is 279 g/mol. The first-order valence-electron chi connectivity index (χ1n) is 7.77. The molecule has 4 unspecified atom stereocenters. The molecule has 1 saturated heterocycles. The van der Waals surface area contributed by atoms with E-state index in [-0.39, 0.29) is 29.1 Å². The van der Waals surface area contributed by atoms with Crippen molar-refractivity contribution in [3.63, 3.8) is 0 Å². The maximum atomic E-state index is 12.9. The van der Waals surface area contributed by atoms with Crippen LogP contribution < -0.4 is 4.90 Å². The van der Waals surface area contributed by atoms with Gasteiger partial charge in [-0.2, -0.15) is 0 Å². The summed E-state index contributed by atoms with van der Waals surface area (Å²) in [7, 11) is 0. The molecular weight excluding hydrogens is 262 g/mol. The van der Waals surface area contributed by atoms with E-state index in [1.165, 1.54) is 17.7 Å². The van der Waals surface area contributed by atoms with E-state index in [4.69, 9.17) is 0 Å². The smallest absolute Gasteiger partial charge is 0.238 e. The van der Waals surface area contributed by atoms with Crippen LogP contribution in [0.5, 0.6) is 0 Å². The third-order valence-electron chi connectivity index (χ3n) is 6.21. The monoisotopic (exact) mass is 279 g/mol. The predicted molar refractivity (Wildman–Crippen MR) is 78.4 cm³/mol. The number of carbonyl (C=O) groups is 2. The summed E-state index contributed by atoms with van der Waals surface area (Å²) >= 11 is 0. The number of para-hydroxylation sites is 1. The van der Waals surface area contributed by atoms with Gasteiger partial charge in [0.25, 0.3) is 0 Å². The van der Waals surface area contributed by atoms with E-state index < -0.39 is 0 Å². The zero-order valence-corrected chi connectivity index (χ0v) is 12.0. The normalized spacial score (nSPS) is 37.7. The van der Waals surface area contributed by atoms with Crippen molar-refractivity contribution in [2.45, 2.75) is 19.8 Å². The maximum Gasteiger partial charge on any atom is 0.238 e. The Labute approximate surface area is 123 Å². The van der Waals surface area contributed by atoms with E-state index in [1.54, 1.807) is 0 Å². The second-order valence-electron chi connectivity index (χ2n) is 7.02. The highest BCUT2D eigenvalue weighted by Crippen LogP contribution is 2.73. The van der Waals surface area contributed by atoms with Gasteiger partial charge >= 0.3 is 0 Å². The molecule has 0 aromatic heterocycles. The lowest BCUT2D eigenvalue weighted by atomic mass is 9.85. The summed E-state index contributed by atoms with van der Waals surface area (Å²) in [6.07, 6.45) is 6.80. The van der Waals surface area contributed by atoms with E-state index in [0.29, 0.717) is 11.8 Å². The Balaban J connectivity index is 1.61. The van der Waals surface area contributed by atoms with Crippen molar-refractivity contribution in [3.05, 3.63) is 42.0 Å². The molecule has 0 radical (unpaired) electrons. The minimum atomic E-state index is -0.102. The molecular formula is C18H17NO2. The standard InChI is InChI=1S/C18H17NO2/c1-10-4-2-3-5-13(10)19-16(20)14-11-6-7-12(15(14)17(19)21)18(11)8-9-18/h2-7,11-12,14-15H,8-9H2,1H3. The molecule has 21 heavy (non-hydrogen) atoms. The number of anilines is 1. The number of benzene rings is 1. The molecule has 2 bridgehead atoms. The van der Waals surface area contributed by atoms with Gasteiger partial charge in [-0.15, -0.1) is 0 Å². The van der Waals surface area contributed by atoms with Gasteiger partial charge < -0.3 is 0 Å². The molecule has 0 N–H and O–H groups in total. The molecule has 4 aliphatic rings. The molecule has 3 nitrogen and oxygen atoms in total. The molecule has 106 valence electrons. The van der Waals surface area contributed by atoms with E-state index in [2.05, 4.69) is 12.2 Å². The molecule has 1 aromatic rings. The minimum Gasteiger partial charge on any atom is -0.274 e. The molecule has 5 rings (SSSR count). The summed E-state index contributed by atoms with van der Waals surface area (Å²) in [5.74, 6) is 0.463. The van der Waals surface area contributed by atoms with Crippen molar-refractivity contribution < 1.29 is 9.59 Å². The highest BCUT2D eigenvalue weighted by atomic mass is 16.2. The van der Waals surface area contributed by atoms with E-state index in [1.807, 2.05) is 31.2 Å². The number of hydrogen-bond acceptors (Lipinski definition) is 2. The summed E-state index contributed by atoms with van der Waals surface area (Å²) in [4.78, 5) is 27.3. The summed E-state index contributed by atoms with van der Waals surface area (Å²) in [6.45, 7) is 1.96. The molecule has 3 aliphatic carbocycles. The summed E-state index contributed by atoms with van der Waals surface area (Å²) in [5, 5.41) is 0. The Kier molecular flexibility index (Phi) is 1.93. The second kappa shape index (κ2) is 3.46. The quantitative estimate of drug-likeness (QED) is 0.585. The lowest BCUT2D eigenvalue weighted by molar-refractivity contribution is -0.123. The number of rotatable bonds is 1. The van der Waals surface area contributed by atoms with Crippen LogP contribution in [0.2, 0.25) is 0 Å². The van der Waals surface area contributed by atoms with Gasteiger partial charge in [-0.25, -0.2) is 4.90 Å². The van der Waals surface area contributed by atoms with Crippen molar-refractivity contribution >= 4 is 17.5 Å². The van der Waals surface area contributed by atoms with Crippen LogP contribution in [0.1, 0.15) is 18.4 Å². The molecule has 2 saturated carbocycles. The maximum absolute atomic E-state index is 12.9. The van der Waals surface area contributed by atoms with Crippen LogP contribution in [0.3, 0.4) is 0 Å². The molecule has 1 heterocycles. The fourth-order valence-corrected chi connectivity index (χ4v) is 5.13. The lowest BCUT2D eigenvalue weighted by Gasteiger charge is -2.22. The van der Waals surface area contributed by atoms with E-state index in [0.717, 1.165) is 11.3 Å². The van der Waals surface area contributed by atoms with Crippen LogP contribution in [0, 0.1) is 36.0 Å². The van der Waals surface area contributed by atoms with Crippen LogP contribution in [0.4, 0.5) is 5.69 Å². The largest absolute Gasteiger partial charge is 0.274 e. The third-order valence-corrected chi connectivity index (χ3v) is 6.21. The van der Waals surface area contributed by atoms with Gasteiger partial charge in [0.15, 0.2) is 0 Å². The number of carbonyl (C=O) groups excluding carboxylic acids is 2. The van der Waals surface area contributed by atoms with Crippen molar-refractivity contribution in [1.29, 1.82) is 0 Å². The van der Waals surface area contributed by atoms with Gasteiger partial charge in [0.2, 0.25) is 11.8 Å². The van der Waals surface area contributed by atoms with Crippen molar-refractivity contribution in [2.24, 2.45) is 29.1 Å². The van der Waals surface area contributed by atoms with Crippen LogP contribution in [-0.2, 0) is 9.59 Å². The highest BCUT2D eigenvalue weighted by Gasteiger charge is 2.73. The summed E-state index contributed by atoms with van der Waals surface area (Å²) in [5.41, 5.74) is 2.03. The molecule has 3 heteroatoms. The molecule has 1 spiro atoms. The summed E-state index contributed by atoms with van der Waals surface area (Å²) in [6, 6.07) is 7.68. The zero-order valence-electron chi connectivity index (χ0n) is 12.0. The van der Waals surface area contributed by atoms with Crippen molar-refractivity contribution in [3.8, 4) is 0 Å². The predicted octanol–water partition coefficient (Wildman–Crippen LogP) is 2.70. The van der Waals surface area contributed by atoms with E-state index >= 15 is 0 Å². The fraction of sp³-hybridized carbons (Fsp3) is 0.444. The van der Waals surface area contributed by atoms with Crippen LogP contribution in [-0.4, -0.2) is 11.8 Å². The number of amides is 2. The fourth-order valence-electron chi connectivity index (χ4n) is 5.13.